The first-order valence-corrected chi connectivity index (χ1v) is 16.5. The van der Waals surface area contributed by atoms with Crippen molar-refractivity contribution >= 4 is 21.2 Å². The molecular formula is C37H53O3PS. The van der Waals surface area contributed by atoms with E-state index in [-0.39, 0.29) is 21.7 Å². The molecule has 0 amide bonds. The van der Waals surface area contributed by atoms with Crippen LogP contribution in [0.4, 0.5) is 0 Å². The highest BCUT2D eigenvalue weighted by atomic mass is 32.1. The topological polar surface area (TPSA) is 27.7 Å². The summed E-state index contributed by atoms with van der Waals surface area (Å²) < 4.78 is 20.7. The molecule has 0 aliphatic carbocycles. The second-order valence-electron chi connectivity index (χ2n) is 15.8. The summed E-state index contributed by atoms with van der Waals surface area (Å²) in [5.41, 5.74) is 7.39. The van der Waals surface area contributed by atoms with E-state index >= 15 is 0 Å². The van der Waals surface area contributed by atoms with Gasteiger partial charge in [-0.15, -0.1) is 12.6 Å². The van der Waals surface area contributed by atoms with Crippen molar-refractivity contribution in [3.63, 3.8) is 0 Å². The van der Waals surface area contributed by atoms with Crippen molar-refractivity contribution in [3.05, 3.63) is 81.4 Å². The first-order valence-electron chi connectivity index (χ1n) is 14.9. The van der Waals surface area contributed by atoms with Crippen LogP contribution in [0.25, 0.3) is 0 Å². The van der Waals surface area contributed by atoms with Gasteiger partial charge in [0.1, 0.15) is 17.2 Å². The van der Waals surface area contributed by atoms with Gasteiger partial charge in [-0.25, -0.2) is 0 Å². The van der Waals surface area contributed by atoms with Crippen LogP contribution in [0.15, 0.2) is 47.4 Å². The van der Waals surface area contributed by atoms with Gasteiger partial charge >= 0.3 is 8.60 Å². The fourth-order valence-corrected chi connectivity index (χ4v) is 6.55. The second kappa shape index (κ2) is 12.1. The molecule has 0 heterocycles. The zero-order valence-electron chi connectivity index (χ0n) is 28.7. The first-order chi connectivity index (χ1) is 19.0. The third kappa shape index (κ3) is 8.26. The van der Waals surface area contributed by atoms with Crippen LogP contribution in [-0.2, 0) is 21.7 Å². The molecule has 0 aliphatic heterocycles. The van der Waals surface area contributed by atoms with Gasteiger partial charge in [0.2, 0.25) is 0 Å². The van der Waals surface area contributed by atoms with Gasteiger partial charge in [0.15, 0.2) is 0 Å². The molecule has 0 aliphatic rings. The van der Waals surface area contributed by atoms with Gasteiger partial charge in [-0.1, -0.05) is 125 Å². The molecule has 1 unspecified atom stereocenters. The molecule has 0 fully saturated rings. The molecule has 0 N–H and O–H groups in total. The summed E-state index contributed by atoms with van der Waals surface area (Å²) in [7, 11) is -1.94. The number of thiol groups is 1. The molecule has 3 nitrogen and oxygen atoms in total. The minimum atomic E-state index is -1.94. The molecule has 0 aromatic heterocycles. The van der Waals surface area contributed by atoms with Crippen LogP contribution in [0.5, 0.6) is 17.2 Å². The summed E-state index contributed by atoms with van der Waals surface area (Å²) in [4.78, 5) is 0.774. The van der Waals surface area contributed by atoms with Gasteiger partial charge in [0.25, 0.3) is 0 Å². The maximum Gasteiger partial charge on any atom is 0.530 e. The van der Waals surface area contributed by atoms with E-state index in [1.165, 1.54) is 11.1 Å². The summed E-state index contributed by atoms with van der Waals surface area (Å²) >= 11 is 4.90. The van der Waals surface area contributed by atoms with E-state index in [4.69, 9.17) is 26.2 Å². The Morgan fingerprint density at radius 2 is 0.857 bits per heavy atom. The van der Waals surface area contributed by atoms with Crippen LogP contribution in [0.3, 0.4) is 0 Å². The highest BCUT2D eigenvalue weighted by Crippen LogP contribution is 2.52. The highest BCUT2D eigenvalue weighted by molar-refractivity contribution is 7.80. The van der Waals surface area contributed by atoms with Crippen molar-refractivity contribution in [1.82, 2.24) is 0 Å². The normalized spacial score (nSPS) is 13.6. The maximum absolute atomic E-state index is 7.03. The summed E-state index contributed by atoms with van der Waals surface area (Å²) in [5, 5.41) is 0. The SMILES string of the molecule is Cc1ccc(OP(Oc2c(S)cc(C)cc2C(C)(C)C)Oc2c(C(C)(C)C)cc(C)cc2C(C)(C)C)c(C(C)(C)C)c1. The third-order valence-corrected chi connectivity index (χ3v) is 8.66. The number of hydrogen-bond acceptors (Lipinski definition) is 4. The van der Waals surface area contributed by atoms with Crippen molar-refractivity contribution < 1.29 is 13.6 Å². The van der Waals surface area contributed by atoms with Crippen LogP contribution >= 0.6 is 21.2 Å². The van der Waals surface area contributed by atoms with Crippen LogP contribution in [0.1, 0.15) is 122 Å². The van der Waals surface area contributed by atoms with Gasteiger partial charge in [-0.3, -0.25) is 0 Å². The molecule has 42 heavy (non-hydrogen) atoms. The smallest absolute Gasteiger partial charge is 0.408 e. The van der Waals surface area contributed by atoms with Crippen molar-refractivity contribution in [3.8, 4) is 17.2 Å². The molecule has 0 saturated carbocycles. The van der Waals surface area contributed by atoms with Crippen LogP contribution < -0.4 is 13.6 Å². The first kappa shape index (κ1) is 34.3. The van der Waals surface area contributed by atoms with Crippen molar-refractivity contribution in [2.24, 2.45) is 0 Å². The second-order valence-corrected chi connectivity index (χ2v) is 17.3. The van der Waals surface area contributed by atoms with Crippen LogP contribution in [0, 0.1) is 20.8 Å². The Balaban J connectivity index is 2.30. The van der Waals surface area contributed by atoms with Gasteiger partial charge in [-0.2, -0.15) is 0 Å². The molecule has 1 atom stereocenters. The van der Waals surface area contributed by atoms with Crippen molar-refractivity contribution in [2.75, 3.05) is 0 Å². The van der Waals surface area contributed by atoms with Gasteiger partial charge < -0.3 is 13.6 Å². The number of rotatable bonds is 6. The number of benzene rings is 3. The van der Waals surface area contributed by atoms with E-state index in [9.17, 15) is 0 Å². The lowest BCUT2D eigenvalue weighted by Gasteiger charge is -2.32. The van der Waals surface area contributed by atoms with Crippen LogP contribution in [-0.4, -0.2) is 0 Å². The monoisotopic (exact) mass is 608 g/mol. The number of hydrogen-bond donors (Lipinski definition) is 1. The molecular weight excluding hydrogens is 555 g/mol. The third-order valence-electron chi connectivity index (χ3n) is 7.32. The Kier molecular flexibility index (Phi) is 9.88. The van der Waals surface area contributed by atoms with E-state index in [2.05, 4.69) is 134 Å². The lowest BCUT2D eigenvalue weighted by molar-refractivity contribution is 0.363. The Morgan fingerprint density at radius 3 is 1.31 bits per heavy atom. The van der Waals surface area contributed by atoms with Gasteiger partial charge in [-0.05, 0) is 60.1 Å². The maximum atomic E-state index is 7.03. The van der Waals surface area contributed by atoms with E-state index in [1.54, 1.807) is 0 Å². The number of aryl methyl sites for hydroxylation is 3. The fourth-order valence-electron chi connectivity index (χ4n) is 4.99. The lowest BCUT2D eigenvalue weighted by Crippen LogP contribution is -2.21. The molecule has 5 heteroatoms. The average Bonchev–Trinajstić information content (AvgIpc) is 2.79. The quantitative estimate of drug-likeness (QED) is 0.223. The summed E-state index contributed by atoms with van der Waals surface area (Å²) in [6.45, 7) is 32.9. The summed E-state index contributed by atoms with van der Waals surface area (Å²) in [5.74, 6) is 2.31. The van der Waals surface area contributed by atoms with Crippen molar-refractivity contribution in [2.45, 2.75) is 130 Å². The Bertz CT molecular complexity index is 1390. The molecule has 3 aromatic rings. The minimum absolute atomic E-state index is 0.130. The largest absolute Gasteiger partial charge is 0.530 e. The molecule has 0 saturated heterocycles. The molecule has 3 aromatic carbocycles. The fraction of sp³-hybridized carbons (Fsp3) is 0.514. The molecule has 0 bridgehead atoms. The molecule has 0 spiro atoms. The Hall–Kier alpha value is -2.16. The van der Waals surface area contributed by atoms with Gasteiger partial charge in [0, 0.05) is 27.1 Å². The standard InChI is InChI=1S/C37H53O3PS/c1-23-16-17-30(26(18-23)34(4,5)6)38-41(40-33-29(37(13,14)15)21-25(3)22-31(33)42)39-32-27(35(7,8)9)19-24(2)20-28(32)36(10,11)12/h16-22,42H,1-15H3. The zero-order valence-corrected chi connectivity index (χ0v) is 30.4. The minimum Gasteiger partial charge on any atom is -0.408 e. The summed E-state index contributed by atoms with van der Waals surface area (Å²) in [6, 6.07) is 15.0. The van der Waals surface area contributed by atoms with E-state index in [0.717, 1.165) is 44.2 Å². The van der Waals surface area contributed by atoms with Gasteiger partial charge in [0.05, 0.1) is 0 Å². The predicted octanol–water partition coefficient (Wildman–Crippen LogP) is 11.9. The Labute approximate surface area is 263 Å². The van der Waals surface area contributed by atoms with E-state index < -0.39 is 8.60 Å². The lowest BCUT2D eigenvalue weighted by atomic mass is 9.78. The highest BCUT2D eigenvalue weighted by Gasteiger charge is 2.34. The Morgan fingerprint density at radius 1 is 0.476 bits per heavy atom. The predicted molar refractivity (Wildman–Crippen MR) is 184 cm³/mol. The van der Waals surface area contributed by atoms with Crippen LogP contribution in [0.2, 0.25) is 0 Å². The van der Waals surface area contributed by atoms with E-state index in [0.29, 0.717) is 5.75 Å². The molecule has 0 radical (unpaired) electrons. The average molecular weight is 609 g/mol. The molecule has 230 valence electrons. The summed E-state index contributed by atoms with van der Waals surface area (Å²) in [6.07, 6.45) is 0. The van der Waals surface area contributed by atoms with E-state index in [1.807, 2.05) is 12.1 Å². The molecule has 3 rings (SSSR count). The van der Waals surface area contributed by atoms with Crippen molar-refractivity contribution in [1.29, 1.82) is 0 Å². The zero-order chi connectivity index (χ0) is 32.0.